The lowest BCUT2D eigenvalue weighted by molar-refractivity contribution is -0.143. The van der Waals surface area contributed by atoms with E-state index in [4.69, 9.17) is 23.2 Å². The van der Waals surface area contributed by atoms with Gasteiger partial charge in [0, 0.05) is 6.20 Å². The molecule has 1 aliphatic heterocycles. The molecule has 3 nitrogen and oxygen atoms in total. The average Bonchev–Trinajstić information content (AvgIpc) is 2.09. The minimum absolute atomic E-state index is 0.482. The van der Waals surface area contributed by atoms with Crippen LogP contribution in [-0.4, -0.2) is 18.1 Å². The van der Waals surface area contributed by atoms with Gasteiger partial charge in [-0.2, -0.15) is 0 Å². The molecule has 1 unspecified atom stereocenters. The first kappa shape index (κ1) is 9.42. The summed E-state index contributed by atoms with van der Waals surface area (Å²) in [6.07, 6.45) is 4.40. The van der Waals surface area contributed by atoms with Crippen LogP contribution in [0, 0.1) is 0 Å². The maximum Gasteiger partial charge on any atom is 0.351 e. The first-order valence-electron chi connectivity index (χ1n) is 3.18. The van der Waals surface area contributed by atoms with Gasteiger partial charge < -0.3 is 10.1 Å². The molecule has 0 aliphatic carbocycles. The Balaban J connectivity index is 2.78. The first-order chi connectivity index (χ1) is 5.58. The number of carbonyl (C=O) groups is 1. The Morgan fingerprint density at radius 3 is 2.83 bits per heavy atom. The van der Waals surface area contributed by atoms with Crippen LogP contribution in [0.2, 0.25) is 0 Å². The van der Waals surface area contributed by atoms with Gasteiger partial charge in [-0.05, 0) is 12.2 Å². The minimum Gasteiger partial charge on any atom is -0.466 e. The summed E-state index contributed by atoms with van der Waals surface area (Å²) >= 11 is 11.4. The van der Waals surface area contributed by atoms with E-state index in [9.17, 15) is 4.79 Å². The van der Waals surface area contributed by atoms with Crippen LogP contribution in [0.25, 0.3) is 0 Å². The van der Waals surface area contributed by atoms with Gasteiger partial charge in [-0.15, -0.1) is 0 Å². The van der Waals surface area contributed by atoms with E-state index in [1.807, 2.05) is 0 Å². The highest BCUT2D eigenvalue weighted by Gasteiger charge is 2.34. The predicted molar refractivity (Wildman–Crippen MR) is 46.8 cm³/mol. The molecule has 0 aromatic rings. The van der Waals surface area contributed by atoms with Crippen molar-refractivity contribution >= 4 is 29.2 Å². The Morgan fingerprint density at radius 1 is 1.75 bits per heavy atom. The zero-order valence-electron chi connectivity index (χ0n) is 6.30. The highest BCUT2D eigenvalue weighted by molar-refractivity contribution is 6.36. The summed E-state index contributed by atoms with van der Waals surface area (Å²) in [4.78, 5) is 9.74. The fourth-order valence-electron chi connectivity index (χ4n) is 0.740. The molecule has 0 aromatic heterocycles. The monoisotopic (exact) mass is 207 g/mol. The lowest BCUT2D eigenvalue weighted by atomic mass is 10.2. The summed E-state index contributed by atoms with van der Waals surface area (Å²) in [6.45, 7) is 0. The molecular formula is C7H7Cl2NO2. The summed E-state index contributed by atoms with van der Waals surface area (Å²) in [5, 5.41) is 3.09. The van der Waals surface area contributed by atoms with E-state index < -0.39 is 11.0 Å². The smallest absolute Gasteiger partial charge is 0.351 e. The second kappa shape index (κ2) is 3.37. The summed E-state index contributed by atoms with van der Waals surface area (Å²) in [5.74, 6) is -0.569. The number of hydrogen-bond donors (Lipinski definition) is 1. The van der Waals surface area contributed by atoms with Gasteiger partial charge in [0.2, 0.25) is 5.00 Å². The van der Waals surface area contributed by atoms with Gasteiger partial charge in [0.15, 0.2) is 0 Å². The summed E-state index contributed by atoms with van der Waals surface area (Å²) < 4.78 is 4.47. The lowest BCUT2D eigenvalue weighted by Crippen LogP contribution is -2.44. The van der Waals surface area contributed by atoms with Crippen molar-refractivity contribution in [1.82, 2.24) is 5.32 Å². The van der Waals surface area contributed by atoms with Gasteiger partial charge in [0.05, 0.1) is 12.1 Å². The number of rotatable bonds is 1. The number of alkyl halides is 1. The number of halogens is 2. The summed E-state index contributed by atoms with van der Waals surface area (Å²) in [7, 11) is 1.27. The van der Waals surface area contributed by atoms with Crippen LogP contribution in [-0.2, 0) is 9.53 Å². The Labute approximate surface area is 80.0 Å². The van der Waals surface area contributed by atoms with Gasteiger partial charge in [-0.1, -0.05) is 23.2 Å². The molecule has 0 radical (unpaired) electrons. The van der Waals surface area contributed by atoms with Crippen molar-refractivity contribution < 1.29 is 9.53 Å². The molecule has 1 atom stereocenters. The maximum absolute atomic E-state index is 11.1. The molecule has 1 N–H and O–H groups in total. The van der Waals surface area contributed by atoms with Crippen molar-refractivity contribution in [3.63, 3.8) is 0 Å². The molecule has 1 rings (SSSR count). The molecule has 12 heavy (non-hydrogen) atoms. The number of allylic oxidation sites excluding steroid dienone is 2. The van der Waals surface area contributed by atoms with E-state index in [0.717, 1.165) is 0 Å². The van der Waals surface area contributed by atoms with Crippen molar-refractivity contribution in [3.8, 4) is 0 Å². The molecule has 0 saturated carbocycles. The van der Waals surface area contributed by atoms with Crippen LogP contribution >= 0.6 is 23.2 Å². The number of ether oxygens (including phenoxy) is 1. The van der Waals surface area contributed by atoms with Crippen molar-refractivity contribution in [2.75, 3.05) is 7.11 Å². The fourth-order valence-corrected chi connectivity index (χ4v) is 1.05. The lowest BCUT2D eigenvalue weighted by Gasteiger charge is -2.23. The topological polar surface area (TPSA) is 38.3 Å². The zero-order valence-corrected chi connectivity index (χ0v) is 7.82. The van der Waals surface area contributed by atoms with E-state index >= 15 is 0 Å². The number of dihydropyridines is 1. The van der Waals surface area contributed by atoms with Crippen molar-refractivity contribution in [3.05, 3.63) is 23.4 Å². The molecule has 66 valence electrons. The third kappa shape index (κ3) is 1.73. The van der Waals surface area contributed by atoms with E-state index in [0.29, 0.717) is 5.03 Å². The molecule has 1 heterocycles. The van der Waals surface area contributed by atoms with Gasteiger partial charge in [-0.3, -0.25) is 0 Å². The van der Waals surface area contributed by atoms with Gasteiger partial charge in [0.25, 0.3) is 0 Å². The number of methoxy groups -OCH3 is 1. The summed E-state index contributed by atoms with van der Waals surface area (Å²) in [5.41, 5.74) is 0. The molecule has 5 heteroatoms. The normalized spacial score (nSPS) is 27.4. The van der Waals surface area contributed by atoms with Gasteiger partial charge >= 0.3 is 5.97 Å². The highest BCUT2D eigenvalue weighted by atomic mass is 35.5. The largest absolute Gasteiger partial charge is 0.466 e. The van der Waals surface area contributed by atoms with Crippen LogP contribution in [0.3, 0.4) is 0 Å². The molecule has 0 spiro atoms. The fraction of sp³-hybridized carbons (Fsp3) is 0.286. The van der Waals surface area contributed by atoms with E-state index in [2.05, 4.69) is 10.1 Å². The van der Waals surface area contributed by atoms with Crippen LogP contribution in [0.1, 0.15) is 0 Å². The number of esters is 1. The zero-order chi connectivity index (χ0) is 9.19. The molecule has 0 fully saturated rings. The Kier molecular flexibility index (Phi) is 2.65. The van der Waals surface area contributed by atoms with Crippen LogP contribution < -0.4 is 5.32 Å². The SMILES string of the molecule is COC(=O)C1(Cl)C=CC(Cl)=CN1. The second-order valence-electron chi connectivity index (χ2n) is 2.21. The Morgan fingerprint density at radius 2 is 2.42 bits per heavy atom. The quantitative estimate of drug-likeness (QED) is 0.401. The molecular weight excluding hydrogens is 201 g/mol. The highest BCUT2D eigenvalue weighted by Crippen LogP contribution is 2.21. The molecule has 0 amide bonds. The maximum atomic E-state index is 11.1. The van der Waals surface area contributed by atoms with Gasteiger partial charge in [0.1, 0.15) is 0 Å². The molecule has 0 saturated heterocycles. The molecule has 0 bridgehead atoms. The van der Waals surface area contributed by atoms with Crippen molar-refractivity contribution in [1.29, 1.82) is 0 Å². The number of nitrogens with one attached hydrogen (secondary N) is 1. The van der Waals surface area contributed by atoms with E-state index in [-0.39, 0.29) is 0 Å². The van der Waals surface area contributed by atoms with E-state index in [1.165, 1.54) is 25.5 Å². The summed E-state index contributed by atoms with van der Waals surface area (Å²) in [6, 6.07) is 0. The Hall–Kier alpha value is -0.670. The minimum atomic E-state index is -1.31. The Bertz CT molecular complexity index is 262. The number of hydrogen-bond acceptors (Lipinski definition) is 3. The van der Waals surface area contributed by atoms with Gasteiger partial charge in [-0.25, -0.2) is 4.79 Å². The molecule has 0 aromatic carbocycles. The number of carbonyl (C=O) groups excluding carboxylic acids is 1. The second-order valence-corrected chi connectivity index (χ2v) is 3.24. The molecule has 1 aliphatic rings. The third-order valence-corrected chi connectivity index (χ3v) is 2.00. The van der Waals surface area contributed by atoms with Crippen molar-refractivity contribution in [2.45, 2.75) is 5.00 Å². The predicted octanol–water partition coefficient (Wildman–Crippen LogP) is 1.33. The van der Waals surface area contributed by atoms with Crippen LogP contribution in [0.15, 0.2) is 23.4 Å². The first-order valence-corrected chi connectivity index (χ1v) is 3.94. The van der Waals surface area contributed by atoms with E-state index in [1.54, 1.807) is 0 Å². The van der Waals surface area contributed by atoms with Crippen LogP contribution in [0.5, 0.6) is 0 Å². The van der Waals surface area contributed by atoms with Crippen LogP contribution in [0.4, 0.5) is 0 Å². The average molecular weight is 208 g/mol. The van der Waals surface area contributed by atoms with Crippen molar-refractivity contribution in [2.24, 2.45) is 0 Å². The standard InChI is InChI=1S/C7H7Cl2NO2/c1-12-6(11)7(9)3-2-5(8)4-10-7/h2-4,10H,1H3. The third-order valence-electron chi connectivity index (χ3n) is 1.37.